The average molecular weight is 654 g/mol. The fraction of sp³-hybridized carbons (Fsp3) is 0. The summed E-state index contributed by atoms with van der Waals surface area (Å²) in [5.41, 5.74) is 11.1. The minimum Gasteiger partial charge on any atom is -0.456 e. The molecule has 0 bridgehead atoms. The molecule has 6 aromatic carbocycles. The van der Waals surface area contributed by atoms with Gasteiger partial charge in [0.25, 0.3) is 0 Å². The number of furan rings is 1. The van der Waals surface area contributed by atoms with Crippen LogP contribution < -0.4 is 0 Å². The minimum atomic E-state index is 0.547. The molecule has 0 amide bonds. The molecule has 51 heavy (non-hydrogen) atoms. The zero-order valence-corrected chi connectivity index (χ0v) is 27.2. The molecule has 0 spiro atoms. The van der Waals surface area contributed by atoms with Crippen LogP contribution in [0.1, 0.15) is 5.56 Å². The SMILES string of the molecule is N#Cc1ccccc1-c1ccc(-c2nc(-c3ccccc3)nc(-c3ccc4c(c3)oc3cccc(-c5cccc(-c6ccncc6)c5)c34)n2)cc1. The van der Waals surface area contributed by atoms with E-state index in [1.54, 1.807) is 0 Å². The number of aromatic nitrogens is 4. The molecule has 0 radical (unpaired) electrons. The first-order valence-electron chi connectivity index (χ1n) is 16.6. The van der Waals surface area contributed by atoms with Crippen LogP contribution in [-0.2, 0) is 0 Å². The summed E-state index contributed by atoms with van der Waals surface area (Å²) in [4.78, 5) is 19.0. The third kappa shape index (κ3) is 5.59. The quantitative estimate of drug-likeness (QED) is 0.177. The lowest BCUT2D eigenvalue weighted by Crippen LogP contribution is -2.00. The first kappa shape index (κ1) is 29.9. The standard InChI is InChI=1S/C45H27N5O/c46-28-36-10-4-5-13-37(36)30-16-18-32(19-17-30)44-48-43(31-8-2-1-3-9-31)49-45(50-44)35-20-21-39-41(27-35)51-40-15-7-14-38(42(39)40)34-12-6-11-33(26-34)29-22-24-47-25-23-29/h1-27H. The molecule has 0 unspecified atom stereocenters. The molecule has 0 saturated heterocycles. The molecule has 6 heteroatoms. The fourth-order valence-electron chi connectivity index (χ4n) is 6.60. The monoisotopic (exact) mass is 653 g/mol. The summed E-state index contributed by atoms with van der Waals surface area (Å²) in [5.74, 6) is 1.68. The van der Waals surface area contributed by atoms with Gasteiger partial charge >= 0.3 is 0 Å². The first-order valence-corrected chi connectivity index (χ1v) is 16.6. The largest absolute Gasteiger partial charge is 0.456 e. The second-order valence-corrected chi connectivity index (χ2v) is 12.2. The van der Waals surface area contributed by atoms with Gasteiger partial charge < -0.3 is 4.42 Å². The molecular formula is C45H27N5O. The summed E-state index contributed by atoms with van der Waals surface area (Å²) < 4.78 is 6.49. The van der Waals surface area contributed by atoms with Crippen molar-refractivity contribution >= 4 is 21.9 Å². The number of benzene rings is 6. The molecular weight excluding hydrogens is 627 g/mol. The van der Waals surface area contributed by atoms with Crippen molar-refractivity contribution in [1.82, 2.24) is 19.9 Å². The highest BCUT2D eigenvalue weighted by atomic mass is 16.3. The zero-order chi connectivity index (χ0) is 34.1. The van der Waals surface area contributed by atoms with Gasteiger partial charge in [-0.05, 0) is 75.8 Å². The van der Waals surface area contributed by atoms with Crippen LogP contribution in [0, 0.1) is 11.3 Å². The number of nitriles is 1. The highest BCUT2D eigenvalue weighted by Gasteiger charge is 2.17. The van der Waals surface area contributed by atoms with Crippen LogP contribution >= 0.6 is 0 Å². The maximum Gasteiger partial charge on any atom is 0.164 e. The Balaban J connectivity index is 1.14. The maximum atomic E-state index is 9.63. The highest BCUT2D eigenvalue weighted by Crippen LogP contribution is 2.39. The van der Waals surface area contributed by atoms with E-state index in [-0.39, 0.29) is 0 Å². The Bertz CT molecular complexity index is 2750. The van der Waals surface area contributed by atoms with Gasteiger partial charge in [-0.15, -0.1) is 0 Å². The van der Waals surface area contributed by atoms with Crippen LogP contribution in [0.2, 0.25) is 0 Å². The van der Waals surface area contributed by atoms with Gasteiger partial charge in [0, 0.05) is 39.9 Å². The Labute approximate surface area is 294 Å². The van der Waals surface area contributed by atoms with Crippen LogP contribution in [0.5, 0.6) is 0 Å². The second kappa shape index (κ2) is 12.7. The third-order valence-corrected chi connectivity index (χ3v) is 9.11. The molecule has 0 saturated carbocycles. The Kier molecular flexibility index (Phi) is 7.42. The highest BCUT2D eigenvalue weighted by molar-refractivity contribution is 6.13. The summed E-state index contributed by atoms with van der Waals surface area (Å²) in [5, 5.41) is 11.7. The van der Waals surface area contributed by atoms with Gasteiger partial charge in [0.2, 0.25) is 0 Å². The van der Waals surface area contributed by atoms with E-state index in [1.165, 1.54) is 0 Å². The van der Waals surface area contributed by atoms with Crippen molar-refractivity contribution in [2.24, 2.45) is 0 Å². The van der Waals surface area contributed by atoms with E-state index in [9.17, 15) is 5.26 Å². The Morgan fingerprint density at radius 1 is 0.431 bits per heavy atom. The van der Waals surface area contributed by atoms with E-state index in [0.29, 0.717) is 23.0 Å². The third-order valence-electron chi connectivity index (χ3n) is 9.11. The zero-order valence-electron chi connectivity index (χ0n) is 27.2. The van der Waals surface area contributed by atoms with E-state index < -0.39 is 0 Å². The van der Waals surface area contributed by atoms with Crippen molar-refractivity contribution in [3.8, 4) is 73.6 Å². The van der Waals surface area contributed by atoms with Crippen LogP contribution in [0.25, 0.3) is 89.5 Å². The molecule has 238 valence electrons. The lowest BCUT2D eigenvalue weighted by molar-refractivity contribution is 0.669. The normalized spacial score (nSPS) is 11.1. The van der Waals surface area contributed by atoms with E-state index in [4.69, 9.17) is 19.4 Å². The van der Waals surface area contributed by atoms with Crippen molar-refractivity contribution in [3.63, 3.8) is 0 Å². The molecule has 3 aromatic heterocycles. The molecule has 0 atom stereocenters. The van der Waals surface area contributed by atoms with Gasteiger partial charge in [0.05, 0.1) is 11.6 Å². The van der Waals surface area contributed by atoms with Crippen molar-refractivity contribution < 1.29 is 4.42 Å². The number of nitrogens with zero attached hydrogens (tertiary/aromatic N) is 5. The Morgan fingerprint density at radius 3 is 1.82 bits per heavy atom. The molecule has 0 aliphatic heterocycles. The predicted molar refractivity (Wildman–Crippen MR) is 202 cm³/mol. The number of pyridine rings is 1. The smallest absolute Gasteiger partial charge is 0.164 e. The van der Waals surface area contributed by atoms with Gasteiger partial charge in [0.1, 0.15) is 11.2 Å². The predicted octanol–water partition coefficient (Wildman–Crippen LogP) is 11.0. The molecule has 6 nitrogen and oxygen atoms in total. The van der Waals surface area contributed by atoms with E-state index in [0.717, 1.165) is 72.0 Å². The minimum absolute atomic E-state index is 0.547. The van der Waals surface area contributed by atoms with Gasteiger partial charge in [-0.3, -0.25) is 4.98 Å². The lowest BCUT2D eigenvalue weighted by atomic mass is 9.96. The molecule has 0 fully saturated rings. The van der Waals surface area contributed by atoms with E-state index in [1.807, 2.05) is 122 Å². The summed E-state index contributed by atoms with van der Waals surface area (Å²) in [6, 6.07) is 52.8. The average Bonchev–Trinajstić information content (AvgIpc) is 3.60. The van der Waals surface area contributed by atoms with Crippen molar-refractivity contribution in [1.29, 1.82) is 5.26 Å². The summed E-state index contributed by atoms with van der Waals surface area (Å²) >= 11 is 0. The number of hydrogen-bond donors (Lipinski definition) is 0. The van der Waals surface area contributed by atoms with E-state index >= 15 is 0 Å². The molecule has 9 rings (SSSR count). The number of rotatable bonds is 6. The molecule has 9 aromatic rings. The van der Waals surface area contributed by atoms with Crippen molar-refractivity contribution in [2.45, 2.75) is 0 Å². The lowest BCUT2D eigenvalue weighted by Gasteiger charge is -2.10. The number of fused-ring (bicyclic) bond motifs is 3. The first-order chi connectivity index (χ1) is 25.2. The number of hydrogen-bond acceptors (Lipinski definition) is 6. The molecule has 3 heterocycles. The van der Waals surface area contributed by atoms with Crippen LogP contribution in [0.3, 0.4) is 0 Å². The Morgan fingerprint density at radius 2 is 1.04 bits per heavy atom. The fourth-order valence-corrected chi connectivity index (χ4v) is 6.60. The van der Waals surface area contributed by atoms with Gasteiger partial charge in [-0.2, -0.15) is 5.26 Å². The van der Waals surface area contributed by atoms with Gasteiger partial charge in [-0.25, -0.2) is 15.0 Å². The second-order valence-electron chi connectivity index (χ2n) is 12.2. The van der Waals surface area contributed by atoms with Crippen LogP contribution in [-0.4, -0.2) is 19.9 Å². The summed E-state index contributed by atoms with van der Waals surface area (Å²) in [7, 11) is 0. The summed E-state index contributed by atoms with van der Waals surface area (Å²) in [6.45, 7) is 0. The van der Waals surface area contributed by atoms with Crippen molar-refractivity contribution in [2.75, 3.05) is 0 Å². The molecule has 0 aliphatic rings. The van der Waals surface area contributed by atoms with Crippen LogP contribution in [0.4, 0.5) is 0 Å². The Hall–Kier alpha value is -7.23. The van der Waals surface area contributed by atoms with Gasteiger partial charge in [-0.1, -0.05) is 109 Å². The van der Waals surface area contributed by atoms with Gasteiger partial charge in [0.15, 0.2) is 17.5 Å². The molecule has 0 N–H and O–H groups in total. The molecule has 0 aliphatic carbocycles. The summed E-state index contributed by atoms with van der Waals surface area (Å²) in [6.07, 6.45) is 3.63. The van der Waals surface area contributed by atoms with E-state index in [2.05, 4.69) is 53.5 Å². The maximum absolute atomic E-state index is 9.63. The van der Waals surface area contributed by atoms with Crippen molar-refractivity contribution in [3.05, 3.63) is 170 Å². The topological polar surface area (TPSA) is 88.5 Å². The van der Waals surface area contributed by atoms with Crippen LogP contribution in [0.15, 0.2) is 168 Å².